The Hall–Kier alpha value is -1.26. The Morgan fingerprint density at radius 1 is 1.53 bits per heavy atom. The van der Waals surface area contributed by atoms with E-state index >= 15 is 0 Å². The number of amides is 2. The van der Waals surface area contributed by atoms with E-state index in [4.69, 9.17) is 16.3 Å². The molecular formula is C12H17ClN2O2. The van der Waals surface area contributed by atoms with Crippen LogP contribution in [0, 0.1) is 0 Å². The van der Waals surface area contributed by atoms with Crippen LogP contribution in [-0.4, -0.2) is 25.6 Å². The lowest BCUT2D eigenvalue weighted by Crippen LogP contribution is -2.30. The van der Waals surface area contributed by atoms with E-state index in [1.807, 2.05) is 31.2 Å². The van der Waals surface area contributed by atoms with Crippen LogP contribution in [0.25, 0.3) is 0 Å². The summed E-state index contributed by atoms with van der Waals surface area (Å²) < 4.78 is 5.22. The van der Waals surface area contributed by atoms with Gasteiger partial charge in [0.1, 0.15) is 0 Å². The number of alkyl halides is 1. The van der Waals surface area contributed by atoms with Crippen molar-refractivity contribution in [1.82, 2.24) is 5.32 Å². The molecule has 1 atom stereocenters. The molecule has 0 aliphatic carbocycles. The number of rotatable bonds is 5. The Kier molecular flexibility index (Phi) is 5.80. The Bertz CT molecular complexity index is 371. The first-order valence-corrected chi connectivity index (χ1v) is 5.94. The van der Waals surface area contributed by atoms with Gasteiger partial charge in [-0.1, -0.05) is 12.1 Å². The number of halogens is 1. The average molecular weight is 257 g/mol. The zero-order valence-electron chi connectivity index (χ0n) is 10.00. The zero-order chi connectivity index (χ0) is 12.7. The highest BCUT2D eigenvalue weighted by Crippen LogP contribution is 2.19. The summed E-state index contributed by atoms with van der Waals surface area (Å²) in [6, 6.07) is 7.28. The van der Waals surface area contributed by atoms with E-state index in [0.717, 1.165) is 11.3 Å². The molecular weight excluding hydrogens is 240 g/mol. The van der Waals surface area contributed by atoms with Gasteiger partial charge in [0, 0.05) is 25.2 Å². The van der Waals surface area contributed by atoms with Crippen LogP contribution < -0.4 is 10.6 Å². The molecule has 0 fully saturated rings. The molecule has 2 amide bonds. The smallest absolute Gasteiger partial charge is 0.319 e. The van der Waals surface area contributed by atoms with Crippen LogP contribution in [0.15, 0.2) is 24.3 Å². The quantitative estimate of drug-likeness (QED) is 0.796. The van der Waals surface area contributed by atoms with Crippen molar-refractivity contribution in [3.8, 4) is 0 Å². The van der Waals surface area contributed by atoms with Gasteiger partial charge in [-0.3, -0.25) is 0 Å². The fourth-order valence-electron chi connectivity index (χ4n) is 1.34. The Balaban J connectivity index is 2.62. The first kappa shape index (κ1) is 13.8. The van der Waals surface area contributed by atoms with Gasteiger partial charge in [-0.15, -0.1) is 11.6 Å². The van der Waals surface area contributed by atoms with E-state index in [0.29, 0.717) is 12.4 Å². The van der Waals surface area contributed by atoms with E-state index in [-0.39, 0.29) is 12.1 Å². The van der Waals surface area contributed by atoms with Crippen molar-refractivity contribution in [2.75, 3.05) is 24.9 Å². The predicted molar refractivity (Wildman–Crippen MR) is 69.6 cm³/mol. The van der Waals surface area contributed by atoms with Crippen LogP contribution in [0.2, 0.25) is 0 Å². The normalized spacial score (nSPS) is 11.9. The topological polar surface area (TPSA) is 50.4 Å². The largest absolute Gasteiger partial charge is 0.377 e. The molecule has 0 bridgehead atoms. The molecule has 4 nitrogen and oxygen atoms in total. The fraction of sp³-hybridized carbons (Fsp3) is 0.417. The molecule has 1 aromatic rings. The second-order valence-corrected chi connectivity index (χ2v) is 3.95. The predicted octanol–water partition coefficient (Wildman–Crippen LogP) is 2.75. The molecule has 2 N–H and O–H groups in total. The molecule has 1 aromatic carbocycles. The number of ether oxygens (including phenoxy) is 1. The summed E-state index contributed by atoms with van der Waals surface area (Å²) in [6.45, 7) is 2.40. The van der Waals surface area contributed by atoms with Crippen molar-refractivity contribution in [2.24, 2.45) is 0 Å². The second kappa shape index (κ2) is 7.14. The molecule has 0 heterocycles. The summed E-state index contributed by atoms with van der Waals surface area (Å²) in [5.74, 6) is 0.397. The van der Waals surface area contributed by atoms with Gasteiger partial charge in [0.2, 0.25) is 0 Å². The van der Waals surface area contributed by atoms with Crippen molar-refractivity contribution in [3.63, 3.8) is 0 Å². The number of hydrogen-bond acceptors (Lipinski definition) is 2. The monoisotopic (exact) mass is 256 g/mol. The number of benzene rings is 1. The minimum absolute atomic E-state index is 0.00246. The number of methoxy groups -OCH3 is 1. The van der Waals surface area contributed by atoms with Crippen LogP contribution in [0.4, 0.5) is 10.5 Å². The van der Waals surface area contributed by atoms with Crippen LogP contribution in [-0.2, 0) is 4.74 Å². The molecule has 0 spiro atoms. The van der Waals surface area contributed by atoms with E-state index in [2.05, 4.69) is 10.6 Å². The first-order valence-electron chi connectivity index (χ1n) is 5.41. The lowest BCUT2D eigenvalue weighted by atomic mass is 10.1. The van der Waals surface area contributed by atoms with Gasteiger partial charge in [0.25, 0.3) is 0 Å². The van der Waals surface area contributed by atoms with Crippen molar-refractivity contribution in [2.45, 2.75) is 13.0 Å². The number of carbonyl (C=O) groups excluding carboxylic acids is 1. The average Bonchev–Trinajstić information content (AvgIpc) is 2.35. The van der Waals surface area contributed by atoms with Crippen molar-refractivity contribution < 1.29 is 9.53 Å². The molecule has 0 radical (unpaired) electrons. The second-order valence-electron chi connectivity index (χ2n) is 3.57. The van der Waals surface area contributed by atoms with Gasteiger partial charge >= 0.3 is 6.03 Å². The van der Waals surface area contributed by atoms with Gasteiger partial charge in [-0.05, 0) is 24.6 Å². The molecule has 17 heavy (non-hydrogen) atoms. The molecule has 1 rings (SSSR count). The molecule has 0 aromatic heterocycles. The maximum atomic E-state index is 11.4. The van der Waals surface area contributed by atoms with Crippen molar-refractivity contribution >= 4 is 23.3 Å². The highest BCUT2D eigenvalue weighted by atomic mass is 35.5. The summed E-state index contributed by atoms with van der Waals surface area (Å²) in [4.78, 5) is 11.4. The SMILES string of the molecule is CO[C@@H](C)c1cccc(NC(=O)NCCCl)c1. The van der Waals surface area contributed by atoms with Gasteiger partial charge < -0.3 is 15.4 Å². The number of carbonyl (C=O) groups is 1. The van der Waals surface area contributed by atoms with Crippen LogP contribution >= 0.6 is 11.6 Å². The first-order chi connectivity index (χ1) is 8.17. The molecule has 5 heteroatoms. The third kappa shape index (κ3) is 4.63. The van der Waals surface area contributed by atoms with Gasteiger partial charge in [-0.2, -0.15) is 0 Å². The molecule has 0 aliphatic rings. The van der Waals surface area contributed by atoms with E-state index in [1.165, 1.54) is 0 Å². The summed E-state index contributed by atoms with van der Waals surface area (Å²) in [6.07, 6.45) is 0.00246. The van der Waals surface area contributed by atoms with Gasteiger partial charge in [-0.25, -0.2) is 4.79 Å². The Morgan fingerprint density at radius 3 is 2.94 bits per heavy atom. The summed E-state index contributed by atoms with van der Waals surface area (Å²) >= 11 is 5.48. The van der Waals surface area contributed by atoms with Crippen molar-refractivity contribution in [1.29, 1.82) is 0 Å². The fourth-order valence-corrected chi connectivity index (χ4v) is 1.44. The number of anilines is 1. The molecule has 0 unspecified atom stereocenters. The number of urea groups is 1. The highest BCUT2D eigenvalue weighted by molar-refractivity contribution is 6.18. The summed E-state index contributed by atoms with van der Waals surface area (Å²) in [5, 5.41) is 5.36. The van der Waals surface area contributed by atoms with E-state index < -0.39 is 0 Å². The number of hydrogen-bond donors (Lipinski definition) is 2. The standard InChI is InChI=1S/C12H17ClN2O2/c1-9(17-2)10-4-3-5-11(8-10)15-12(16)14-7-6-13/h3-5,8-9H,6-7H2,1-2H3,(H2,14,15,16)/t9-/m0/s1. The zero-order valence-corrected chi connectivity index (χ0v) is 10.8. The van der Waals surface area contributed by atoms with Crippen LogP contribution in [0.1, 0.15) is 18.6 Å². The van der Waals surface area contributed by atoms with Crippen LogP contribution in [0.3, 0.4) is 0 Å². The molecule has 0 aliphatic heterocycles. The van der Waals surface area contributed by atoms with E-state index in [9.17, 15) is 4.79 Å². The van der Waals surface area contributed by atoms with Crippen molar-refractivity contribution in [3.05, 3.63) is 29.8 Å². The van der Waals surface area contributed by atoms with Gasteiger partial charge in [0.15, 0.2) is 0 Å². The number of nitrogens with one attached hydrogen (secondary N) is 2. The maximum Gasteiger partial charge on any atom is 0.319 e. The Labute approximate surface area is 106 Å². The lowest BCUT2D eigenvalue weighted by Gasteiger charge is -2.12. The third-order valence-corrected chi connectivity index (χ3v) is 2.54. The Morgan fingerprint density at radius 2 is 2.29 bits per heavy atom. The summed E-state index contributed by atoms with van der Waals surface area (Å²) in [7, 11) is 1.65. The molecule has 0 saturated heterocycles. The lowest BCUT2D eigenvalue weighted by molar-refractivity contribution is 0.119. The summed E-state index contributed by atoms with van der Waals surface area (Å²) in [5.41, 5.74) is 1.75. The maximum absolute atomic E-state index is 11.4. The van der Waals surface area contributed by atoms with Crippen LogP contribution in [0.5, 0.6) is 0 Å². The third-order valence-electron chi connectivity index (χ3n) is 2.35. The minimum Gasteiger partial charge on any atom is -0.377 e. The minimum atomic E-state index is -0.257. The molecule has 94 valence electrons. The molecule has 0 saturated carbocycles. The van der Waals surface area contributed by atoms with Gasteiger partial charge in [0.05, 0.1) is 6.10 Å². The highest BCUT2D eigenvalue weighted by Gasteiger charge is 2.05. The van der Waals surface area contributed by atoms with E-state index in [1.54, 1.807) is 7.11 Å².